The molecule has 35 heavy (non-hydrogen) atoms. The van der Waals surface area contributed by atoms with Gasteiger partial charge >= 0.3 is 0 Å². The van der Waals surface area contributed by atoms with E-state index in [2.05, 4.69) is 47.2 Å². The molecule has 2 heterocycles. The highest BCUT2D eigenvalue weighted by Gasteiger charge is 2.22. The Balaban J connectivity index is 1.69. The third-order valence-electron chi connectivity index (χ3n) is 6.18. The first-order valence-corrected chi connectivity index (χ1v) is 11.9. The summed E-state index contributed by atoms with van der Waals surface area (Å²) in [5.74, 6) is -0.171. The van der Waals surface area contributed by atoms with Crippen LogP contribution in [-0.2, 0) is 6.42 Å². The minimum absolute atomic E-state index is 0.0443. The van der Waals surface area contributed by atoms with Gasteiger partial charge in [0, 0.05) is 40.1 Å². The van der Waals surface area contributed by atoms with Crippen molar-refractivity contribution in [2.45, 2.75) is 13.3 Å². The first-order valence-electron chi connectivity index (χ1n) is 11.1. The molecule has 0 N–H and O–H groups in total. The number of rotatable bonds is 6. The summed E-state index contributed by atoms with van der Waals surface area (Å²) in [4.78, 5) is 24.4. The number of benzene rings is 3. The molecule has 0 atom stereocenters. The van der Waals surface area contributed by atoms with Crippen LogP contribution in [-0.4, -0.2) is 15.1 Å². The van der Waals surface area contributed by atoms with Crippen LogP contribution in [0.2, 0.25) is 0 Å². The summed E-state index contributed by atoms with van der Waals surface area (Å²) in [6.07, 6.45) is 4.80. The van der Waals surface area contributed by atoms with Crippen LogP contribution in [0.25, 0.3) is 16.6 Å². The van der Waals surface area contributed by atoms with E-state index in [0.29, 0.717) is 11.1 Å². The van der Waals surface area contributed by atoms with Gasteiger partial charge in [0.15, 0.2) is 5.78 Å². The first-order chi connectivity index (χ1) is 16.9. The molecule has 2 aromatic heterocycles. The van der Waals surface area contributed by atoms with Crippen LogP contribution >= 0.6 is 15.9 Å². The van der Waals surface area contributed by atoms with Gasteiger partial charge in [-0.2, -0.15) is 0 Å². The fourth-order valence-electron chi connectivity index (χ4n) is 4.34. The maximum Gasteiger partial charge on any atom is 0.269 e. The second-order valence-corrected chi connectivity index (χ2v) is 9.41. The van der Waals surface area contributed by atoms with Crippen molar-refractivity contribution in [3.8, 4) is 11.1 Å². The summed E-state index contributed by atoms with van der Waals surface area (Å²) >= 11 is 3.48. The van der Waals surface area contributed by atoms with Gasteiger partial charge in [-0.1, -0.05) is 58.4 Å². The lowest BCUT2D eigenvalue weighted by molar-refractivity contribution is -0.384. The average Bonchev–Trinajstić information content (AvgIpc) is 3.23. The third kappa shape index (κ3) is 4.53. The molecule has 0 radical (unpaired) electrons. The smallest absolute Gasteiger partial charge is 0.269 e. The second kappa shape index (κ2) is 9.31. The van der Waals surface area contributed by atoms with Crippen LogP contribution in [0.4, 0.5) is 5.69 Å². The van der Waals surface area contributed by atoms with Crippen molar-refractivity contribution in [1.82, 2.24) is 4.40 Å². The fourth-order valence-corrected chi connectivity index (χ4v) is 4.60. The lowest BCUT2D eigenvalue weighted by Gasteiger charge is -2.10. The van der Waals surface area contributed by atoms with Crippen LogP contribution in [0.1, 0.15) is 32.6 Å². The van der Waals surface area contributed by atoms with E-state index in [-0.39, 0.29) is 11.5 Å². The van der Waals surface area contributed by atoms with E-state index in [4.69, 9.17) is 0 Å². The quantitative estimate of drug-likeness (QED) is 0.132. The molecule has 0 amide bonds. The standard InChI is InChI=1S/C29H21BrN2O3/c1-19-17-31-18-26(21-7-11-24(30)12-8-21)28(29(33)22-9-13-25(14-10-22)32(34)35)27(31)16-23(19)15-20-5-3-2-4-6-20/h2-14,16-18H,15H2,1H3. The number of aromatic nitrogens is 1. The molecule has 5 nitrogen and oxygen atoms in total. The van der Waals surface area contributed by atoms with E-state index in [0.717, 1.165) is 38.7 Å². The van der Waals surface area contributed by atoms with Crippen LogP contribution in [0, 0.1) is 17.0 Å². The van der Waals surface area contributed by atoms with E-state index in [1.165, 1.54) is 29.8 Å². The highest BCUT2D eigenvalue weighted by atomic mass is 79.9. The van der Waals surface area contributed by atoms with Crippen molar-refractivity contribution in [1.29, 1.82) is 0 Å². The van der Waals surface area contributed by atoms with Crippen LogP contribution in [0.3, 0.4) is 0 Å². The SMILES string of the molecule is Cc1cn2cc(-c3ccc(Br)cc3)c(C(=O)c3ccc([N+](=O)[O-])cc3)c2cc1Cc1ccccc1. The zero-order valence-electron chi connectivity index (χ0n) is 18.9. The number of hydrogen-bond acceptors (Lipinski definition) is 3. The minimum Gasteiger partial charge on any atom is -0.322 e. The molecule has 0 saturated heterocycles. The monoisotopic (exact) mass is 524 g/mol. The maximum atomic E-state index is 13.8. The largest absolute Gasteiger partial charge is 0.322 e. The molecular formula is C29H21BrN2O3. The van der Waals surface area contributed by atoms with Gasteiger partial charge in [-0.3, -0.25) is 14.9 Å². The van der Waals surface area contributed by atoms with Crippen LogP contribution in [0.5, 0.6) is 0 Å². The Hall–Kier alpha value is -4.03. The van der Waals surface area contributed by atoms with Crippen molar-refractivity contribution in [3.05, 3.63) is 140 Å². The van der Waals surface area contributed by atoms with Crippen molar-refractivity contribution in [2.24, 2.45) is 0 Å². The van der Waals surface area contributed by atoms with E-state index in [1.807, 2.05) is 53.1 Å². The van der Waals surface area contributed by atoms with E-state index in [1.54, 1.807) is 0 Å². The third-order valence-corrected chi connectivity index (χ3v) is 6.71. The normalized spacial score (nSPS) is 11.0. The molecule has 0 fully saturated rings. The van der Waals surface area contributed by atoms with Gasteiger partial charge in [-0.15, -0.1) is 0 Å². The number of fused-ring (bicyclic) bond motifs is 1. The number of pyridine rings is 1. The molecule has 0 spiro atoms. The molecule has 3 aromatic carbocycles. The summed E-state index contributed by atoms with van der Waals surface area (Å²) in [6, 6.07) is 26.0. The van der Waals surface area contributed by atoms with Gasteiger partial charge in [0.2, 0.25) is 0 Å². The molecule has 172 valence electrons. The molecule has 5 rings (SSSR count). The van der Waals surface area contributed by atoms with Gasteiger partial charge < -0.3 is 4.40 Å². The van der Waals surface area contributed by atoms with Crippen molar-refractivity contribution >= 4 is 32.9 Å². The topological polar surface area (TPSA) is 64.6 Å². The number of aryl methyl sites for hydroxylation is 1. The fraction of sp³-hybridized carbons (Fsp3) is 0.0690. The van der Waals surface area contributed by atoms with Crippen LogP contribution in [0.15, 0.2) is 102 Å². The molecule has 0 aliphatic rings. The van der Waals surface area contributed by atoms with Gasteiger partial charge in [0.25, 0.3) is 5.69 Å². The number of non-ortho nitro benzene ring substituents is 1. The summed E-state index contributed by atoms with van der Waals surface area (Å²) in [5.41, 5.74) is 6.96. The van der Waals surface area contributed by atoms with Crippen molar-refractivity contribution in [2.75, 3.05) is 0 Å². The number of carbonyl (C=O) groups excluding carboxylic acids is 1. The molecule has 0 saturated carbocycles. The van der Waals surface area contributed by atoms with Crippen molar-refractivity contribution < 1.29 is 9.72 Å². The molecule has 5 aromatic rings. The molecule has 0 unspecified atom stereocenters. The molecule has 0 aliphatic heterocycles. The van der Waals surface area contributed by atoms with E-state index >= 15 is 0 Å². The first kappa shape index (κ1) is 22.7. The Labute approximate surface area is 210 Å². The predicted octanol–water partition coefficient (Wildman–Crippen LogP) is 7.41. The average molecular weight is 525 g/mol. The maximum absolute atomic E-state index is 13.8. The summed E-state index contributed by atoms with van der Waals surface area (Å²) < 4.78 is 2.95. The van der Waals surface area contributed by atoms with E-state index < -0.39 is 4.92 Å². The number of nitrogens with zero attached hydrogens (tertiary/aromatic N) is 2. The summed E-state index contributed by atoms with van der Waals surface area (Å²) in [7, 11) is 0. The number of halogens is 1. The Morgan fingerprint density at radius 2 is 1.63 bits per heavy atom. The number of nitro groups is 1. The highest BCUT2D eigenvalue weighted by Crippen LogP contribution is 2.33. The van der Waals surface area contributed by atoms with E-state index in [9.17, 15) is 14.9 Å². The van der Waals surface area contributed by atoms with Gasteiger partial charge in [-0.25, -0.2) is 0 Å². The number of hydrogen-bond donors (Lipinski definition) is 0. The Morgan fingerprint density at radius 1 is 0.943 bits per heavy atom. The second-order valence-electron chi connectivity index (χ2n) is 8.49. The minimum atomic E-state index is -0.464. The van der Waals surface area contributed by atoms with Crippen LogP contribution < -0.4 is 0 Å². The highest BCUT2D eigenvalue weighted by molar-refractivity contribution is 9.10. The Kier molecular flexibility index (Phi) is 6.05. The molecule has 0 bridgehead atoms. The number of carbonyl (C=O) groups is 1. The zero-order chi connectivity index (χ0) is 24.5. The Bertz CT molecular complexity index is 1550. The van der Waals surface area contributed by atoms with Gasteiger partial charge in [0.1, 0.15) is 0 Å². The molecule has 0 aliphatic carbocycles. The zero-order valence-corrected chi connectivity index (χ0v) is 20.5. The Morgan fingerprint density at radius 3 is 2.29 bits per heavy atom. The predicted molar refractivity (Wildman–Crippen MR) is 141 cm³/mol. The summed E-state index contributed by atoms with van der Waals surface area (Å²) in [6.45, 7) is 2.08. The lowest BCUT2D eigenvalue weighted by atomic mass is 9.95. The molecule has 6 heteroatoms. The van der Waals surface area contributed by atoms with Gasteiger partial charge in [0.05, 0.1) is 16.0 Å². The number of ketones is 1. The number of nitro benzene ring substituents is 1. The lowest BCUT2D eigenvalue weighted by Crippen LogP contribution is -2.04. The summed E-state index contributed by atoms with van der Waals surface area (Å²) in [5, 5.41) is 11.1. The van der Waals surface area contributed by atoms with Gasteiger partial charge in [-0.05, 0) is 65.9 Å². The molecular weight excluding hydrogens is 504 g/mol. The van der Waals surface area contributed by atoms with Crippen molar-refractivity contribution in [3.63, 3.8) is 0 Å².